The number of carbonyl (C=O) groups excluding carboxylic acids is 1. The topological polar surface area (TPSA) is 117 Å². The van der Waals surface area contributed by atoms with Gasteiger partial charge in [-0.25, -0.2) is 14.8 Å². The lowest BCUT2D eigenvalue weighted by Crippen LogP contribution is -2.35. The molecule has 0 amide bonds. The van der Waals surface area contributed by atoms with Gasteiger partial charge in [-0.1, -0.05) is 0 Å². The minimum atomic E-state index is -1.07. The van der Waals surface area contributed by atoms with E-state index in [9.17, 15) is 9.35 Å². The van der Waals surface area contributed by atoms with E-state index in [1.54, 1.807) is 13.1 Å². The average Bonchev–Trinajstić information content (AvgIpc) is 3.38. The number of carbonyl (C=O) groups is 1. The molecule has 0 radical (unpaired) electrons. The summed E-state index contributed by atoms with van der Waals surface area (Å²) in [5.41, 5.74) is 1.19. The summed E-state index contributed by atoms with van der Waals surface area (Å²) in [4.78, 5) is 28.8. The lowest BCUT2D eigenvalue weighted by atomic mass is 10.1. The third-order valence-corrected chi connectivity index (χ3v) is 7.27. The van der Waals surface area contributed by atoms with Gasteiger partial charge in [0.05, 0.1) is 13.2 Å². The Kier molecular flexibility index (Phi) is 5.72. The third kappa shape index (κ3) is 4.09. The van der Waals surface area contributed by atoms with E-state index >= 15 is 0 Å². The van der Waals surface area contributed by atoms with Crippen LogP contribution in [0.3, 0.4) is 0 Å². The summed E-state index contributed by atoms with van der Waals surface area (Å²) < 4.78 is 25.1. The molecule has 1 atom stereocenters. The van der Waals surface area contributed by atoms with E-state index in [-0.39, 0.29) is 6.04 Å². The summed E-state index contributed by atoms with van der Waals surface area (Å²) in [7, 11) is 0. The number of nitrogens with zero attached hydrogens (tertiary/aromatic N) is 5. The molecule has 2 aromatic rings. The Bertz CT molecular complexity index is 977. The molecule has 1 N–H and O–H groups in total. The van der Waals surface area contributed by atoms with Crippen LogP contribution in [0.1, 0.15) is 41.8 Å². The molecule has 3 aliphatic rings. The SMILES string of the molecule is CCOC(=O)c1cn2c(n1)CN(c1nc3c(c(NC4CCOCC4)n1)[S@+]([O-])CC3)CC2. The van der Waals surface area contributed by atoms with Crippen molar-refractivity contribution in [2.24, 2.45) is 0 Å². The van der Waals surface area contributed by atoms with Crippen LogP contribution in [-0.2, 0) is 40.2 Å². The second kappa shape index (κ2) is 8.64. The predicted octanol–water partition coefficient (Wildman–Crippen LogP) is 1.12. The van der Waals surface area contributed by atoms with Gasteiger partial charge < -0.3 is 28.8 Å². The first kappa shape index (κ1) is 20.5. The highest BCUT2D eigenvalue weighted by Gasteiger charge is 2.34. The first-order valence-electron chi connectivity index (χ1n) is 10.7. The van der Waals surface area contributed by atoms with Crippen LogP contribution in [-0.4, -0.2) is 68.2 Å². The quantitative estimate of drug-likeness (QED) is 0.532. The van der Waals surface area contributed by atoms with Crippen LogP contribution in [0.4, 0.5) is 11.8 Å². The van der Waals surface area contributed by atoms with Gasteiger partial charge in [0.25, 0.3) is 0 Å². The molecule has 31 heavy (non-hydrogen) atoms. The molecule has 1 fully saturated rings. The van der Waals surface area contributed by atoms with Crippen LogP contribution in [0, 0.1) is 0 Å². The van der Waals surface area contributed by atoms with Crippen LogP contribution in [0.5, 0.6) is 0 Å². The van der Waals surface area contributed by atoms with Crippen molar-refractivity contribution in [3.63, 3.8) is 0 Å². The van der Waals surface area contributed by atoms with Gasteiger partial charge in [0.2, 0.25) is 10.8 Å². The smallest absolute Gasteiger partial charge is 0.358 e. The van der Waals surface area contributed by atoms with Gasteiger partial charge in [-0.2, -0.15) is 4.98 Å². The zero-order chi connectivity index (χ0) is 21.4. The Morgan fingerprint density at radius 2 is 2.16 bits per heavy atom. The second-order valence-electron chi connectivity index (χ2n) is 7.86. The number of hydrogen-bond donors (Lipinski definition) is 1. The standard InChI is InChI=1S/C20H26N6O4S/c1-2-30-19(27)15-11-25-6-7-26(12-16(25)22-15)20-23-14-5-10-31(28)17(14)18(24-20)21-13-3-8-29-9-4-13/h11,13H,2-10,12H2,1H3,(H,21,23,24)/t31-/m1/s1. The van der Waals surface area contributed by atoms with E-state index in [2.05, 4.69) is 15.2 Å². The number of ether oxygens (including phenoxy) is 2. The van der Waals surface area contributed by atoms with E-state index in [1.807, 2.05) is 4.57 Å². The molecule has 0 saturated carbocycles. The summed E-state index contributed by atoms with van der Waals surface area (Å²) in [6.45, 7) is 5.41. The number of hydrogen-bond acceptors (Lipinski definition) is 9. The molecule has 2 aromatic heterocycles. The number of rotatable bonds is 5. The van der Waals surface area contributed by atoms with Gasteiger partial charge in [-0.3, -0.25) is 0 Å². The minimum absolute atomic E-state index is 0.255. The molecule has 0 bridgehead atoms. The van der Waals surface area contributed by atoms with Crippen molar-refractivity contribution in [1.29, 1.82) is 0 Å². The maximum atomic E-state index is 12.6. The molecule has 166 valence electrons. The lowest BCUT2D eigenvalue weighted by Gasteiger charge is -2.29. The van der Waals surface area contributed by atoms with E-state index in [0.29, 0.717) is 55.9 Å². The van der Waals surface area contributed by atoms with Crippen LogP contribution in [0.25, 0.3) is 0 Å². The average molecular weight is 447 g/mol. The van der Waals surface area contributed by atoms with E-state index in [0.717, 1.165) is 42.5 Å². The number of fused-ring (bicyclic) bond motifs is 2. The summed E-state index contributed by atoms with van der Waals surface area (Å²) in [6.07, 6.45) is 4.24. The first-order chi connectivity index (χ1) is 15.1. The third-order valence-electron chi connectivity index (χ3n) is 5.81. The normalized spacial score (nSPS) is 21.0. The van der Waals surface area contributed by atoms with Gasteiger partial charge in [-0.15, -0.1) is 0 Å². The van der Waals surface area contributed by atoms with Crippen molar-refractivity contribution in [1.82, 2.24) is 19.5 Å². The van der Waals surface area contributed by atoms with Crippen molar-refractivity contribution in [3.05, 3.63) is 23.4 Å². The van der Waals surface area contributed by atoms with E-state index < -0.39 is 17.1 Å². The molecule has 0 aromatic carbocycles. The van der Waals surface area contributed by atoms with Gasteiger partial charge in [0.15, 0.2) is 11.5 Å². The molecule has 0 aliphatic carbocycles. The number of esters is 1. The Morgan fingerprint density at radius 1 is 1.32 bits per heavy atom. The number of imidazole rings is 1. The fourth-order valence-corrected chi connectivity index (χ4v) is 5.50. The predicted molar refractivity (Wildman–Crippen MR) is 114 cm³/mol. The Hall–Kier alpha value is -2.37. The number of nitrogens with one attached hydrogen (secondary N) is 1. The van der Waals surface area contributed by atoms with Crippen LogP contribution < -0.4 is 10.2 Å². The highest BCUT2D eigenvalue weighted by Crippen LogP contribution is 2.34. The minimum Gasteiger partial charge on any atom is -0.611 e. The molecule has 0 unspecified atom stereocenters. The molecular weight excluding hydrogens is 420 g/mol. The van der Waals surface area contributed by atoms with Gasteiger partial charge >= 0.3 is 5.97 Å². The second-order valence-corrected chi connectivity index (χ2v) is 9.36. The maximum absolute atomic E-state index is 12.6. The molecule has 1 saturated heterocycles. The van der Waals surface area contributed by atoms with Crippen LogP contribution >= 0.6 is 0 Å². The van der Waals surface area contributed by atoms with Gasteiger partial charge in [0.1, 0.15) is 17.3 Å². The summed E-state index contributed by atoms with van der Waals surface area (Å²) in [5, 5.41) is 3.51. The summed E-state index contributed by atoms with van der Waals surface area (Å²) >= 11 is -1.07. The zero-order valence-corrected chi connectivity index (χ0v) is 18.3. The fraction of sp³-hybridized carbons (Fsp3) is 0.600. The van der Waals surface area contributed by atoms with E-state index in [1.165, 1.54) is 0 Å². The van der Waals surface area contributed by atoms with Gasteiger partial charge in [-0.05, 0) is 30.9 Å². The number of aryl methyl sites for hydroxylation is 1. The van der Waals surface area contributed by atoms with E-state index in [4.69, 9.17) is 19.4 Å². The molecule has 5 rings (SSSR count). The van der Waals surface area contributed by atoms with Gasteiger partial charge in [0, 0.05) is 45.0 Å². The largest absolute Gasteiger partial charge is 0.611 e. The number of anilines is 2. The Morgan fingerprint density at radius 3 is 2.97 bits per heavy atom. The molecule has 10 nitrogen and oxygen atoms in total. The van der Waals surface area contributed by atoms with Crippen LogP contribution in [0.2, 0.25) is 0 Å². The van der Waals surface area contributed by atoms with Crippen molar-refractivity contribution in [3.8, 4) is 0 Å². The van der Waals surface area contributed by atoms with Crippen molar-refractivity contribution in [2.75, 3.05) is 42.3 Å². The monoisotopic (exact) mass is 446 g/mol. The first-order valence-corrected chi connectivity index (χ1v) is 12.1. The summed E-state index contributed by atoms with van der Waals surface area (Å²) in [5.74, 6) is 2.25. The highest BCUT2D eigenvalue weighted by molar-refractivity contribution is 7.91. The highest BCUT2D eigenvalue weighted by atomic mass is 32.2. The summed E-state index contributed by atoms with van der Waals surface area (Å²) in [6, 6.07) is 0.255. The molecule has 5 heterocycles. The van der Waals surface area contributed by atoms with Crippen LogP contribution in [0.15, 0.2) is 11.1 Å². The number of aromatic nitrogens is 4. The molecule has 11 heteroatoms. The van der Waals surface area contributed by atoms with Crippen molar-refractivity contribution < 1.29 is 18.8 Å². The Balaban J connectivity index is 1.40. The molecule has 3 aliphatic heterocycles. The lowest BCUT2D eigenvalue weighted by molar-refractivity contribution is 0.0520. The van der Waals surface area contributed by atoms with Crippen molar-refractivity contribution in [2.45, 2.75) is 50.2 Å². The zero-order valence-electron chi connectivity index (χ0n) is 17.5. The molecular formula is C20H26N6O4S. The fourth-order valence-electron chi connectivity index (χ4n) is 4.18. The van der Waals surface area contributed by atoms with Crippen molar-refractivity contribution >= 4 is 28.9 Å². The Labute approximate surface area is 183 Å². The molecule has 0 spiro atoms. The maximum Gasteiger partial charge on any atom is 0.358 e.